The number of sulfone groups is 1. The maximum Gasteiger partial charge on any atom is 0.152 e. The highest BCUT2D eigenvalue weighted by Crippen LogP contribution is 2.03. The lowest BCUT2D eigenvalue weighted by Crippen LogP contribution is -2.25. The molecular weight excluding hydrogens is 224 g/mol. The van der Waals surface area contributed by atoms with E-state index in [4.69, 9.17) is 0 Å². The van der Waals surface area contributed by atoms with Crippen LogP contribution in [0.1, 0.15) is 24.7 Å². The van der Waals surface area contributed by atoms with E-state index in [2.05, 4.69) is 5.43 Å². The number of nitrogens with zero attached hydrogens (tertiary/aromatic N) is 1. The molecular formula is C11H20N2O2S. The molecule has 1 rings (SSSR count). The van der Waals surface area contributed by atoms with Crippen molar-refractivity contribution >= 4 is 9.84 Å². The molecule has 0 aliphatic heterocycles. The lowest BCUT2D eigenvalue weighted by Gasteiger charge is -2.12. The molecule has 1 heterocycles. The largest absolute Gasteiger partial charge is 0.325 e. The van der Waals surface area contributed by atoms with Crippen molar-refractivity contribution in [3.8, 4) is 0 Å². The second kappa shape index (κ2) is 5.39. The van der Waals surface area contributed by atoms with Crippen LogP contribution in [-0.2, 0) is 9.84 Å². The van der Waals surface area contributed by atoms with Crippen LogP contribution in [0.3, 0.4) is 0 Å². The Labute approximate surface area is 97.6 Å². The van der Waals surface area contributed by atoms with E-state index in [1.165, 1.54) is 0 Å². The molecule has 0 saturated carbocycles. The summed E-state index contributed by atoms with van der Waals surface area (Å²) in [5, 5.41) is 0. The van der Waals surface area contributed by atoms with Crippen molar-refractivity contribution in [2.75, 3.05) is 23.5 Å². The van der Waals surface area contributed by atoms with Gasteiger partial charge in [-0.05, 0) is 32.4 Å². The maximum absolute atomic E-state index is 11.5. The summed E-state index contributed by atoms with van der Waals surface area (Å²) in [6.07, 6.45) is 0.684. The first-order valence-corrected chi connectivity index (χ1v) is 7.37. The summed E-state index contributed by atoms with van der Waals surface area (Å²) >= 11 is 0. The van der Waals surface area contributed by atoms with E-state index in [0.29, 0.717) is 13.0 Å². The minimum absolute atomic E-state index is 0.192. The fraction of sp³-hybridized carbons (Fsp3) is 0.636. The molecule has 5 heteroatoms. The lowest BCUT2D eigenvalue weighted by atomic mass is 10.5. The van der Waals surface area contributed by atoms with Gasteiger partial charge in [0.25, 0.3) is 0 Å². The van der Waals surface area contributed by atoms with Crippen LogP contribution in [0, 0.1) is 13.8 Å². The highest BCUT2D eigenvalue weighted by molar-refractivity contribution is 7.91. The summed E-state index contributed by atoms with van der Waals surface area (Å²) in [5.74, 6) is 0.468. The molecule has 4 nitrogen and oxygen atoms in total. The topological polar surface area (TPSA) is 51.1 Å². The molecule has 0 atom stereocenters. The van der Waals surface area contributed by atoms with Crippen molar-refractivity contribution in [3.63, 3.8) is 0 Å². The van der Waals surface area contributed by atoms with Crippen LogP contribution in [0.4, 0.5) is 0 Å². The van der Waals surface area contributed by atoms with Gasteiger partial charge in [0, 0.05) is 23.7 Å². The van der Waals surface area contributed by atoms with E-state index in [0.717, 1.165) is 11.4 Å². The maximum atomic E-state index is 11.5. The molecule has 0 aliphatic carbocycles. The minimum atomic E-state index is -2.89. The van der Waals surface area contributed by atoms with Crippen LogP contribution in [0.15, 0.2) is 12.1 Å². The summed E-state index contributed by atoms with van der Waals surface area (Å²) in [6.45, 7) is 6.31. The van der Waals surface area contributed by atoms with Crippen LogP contribution in [0.5, 0.6) is 0 Å². The van der Waals surface area contributed by atoms with E-state index in [1.54, 1.807) is 0 Å². The highest BCUT2D eigenvalue weighted by atomic mass is 32.2. The molecule has 0 radical (unpaired) electrons. The SMILES string of the molecule is CCCS(=O)(=O)CCNn1c(C)ccc1C. The van der Waals surface area contributed by atoms with Crippen molar-refractivity contribution in [2.45, 2.75) is 27.2 Å². The molecule has 16 heavy (non-hydrogen) atoms. The fourth-order valence-electron chi connectivity index (χ4n) is 1.64. The van der Waals surface area contributed by atoms with Crippen LogP contribution in [0.25, 0.3) is 0 Å². The molecule has 1 N–H and O–H groups in total. The van der Waals surface area contributed by atoms with Gasteiger partial charge < -0.3 is 5.43 Å². The number of hydrogen-bond acceptors (Lipinski definition) is 3. The summed E-state index contributed by atoms with van der Waals surface area (Å²) in [6, 6.07) is 4.01. The molecule has 0 spiro atoms. The van der Waals surface area contributed by atoms with Crippen molar-refractivity contribution in [1.29, 1.82) is 0 Å². The Kier molecular flexibility index (Phi) is 4.41. The van der Waals surface area contributed by atoms with Crippen molar-refractivity contribution in [3.05, 3.63) is 23.5 Å². The average Bonchev–Trinajstić information content (AvgIpc) is 2.48. The molecule has 1 aromatic rings. The van der Waals surface area contributed by atoms with Crippen LogP contribution >= 0.6 is 0 Å². The Morgan fingerprint density at radius 1 is 1.19 bits per heavy atom. The third-order valence-electron chi connectivity index (χ3n) is 2.47. The predicted molar refractivity (Wildman–Crippen MR) is 67.1 cm³/mol. The van der Waals surface area contributed by atoms with Crippen LogP contribution in [-0.4, -0.2) is 31.1 Å². The number of rotatable bonds is 6. The van der Waals surface area contributed by atoms with Crippen molar-refractivity contribution < 1.29 is 8.42 Å². The second-order valence-electron chi connectivity index (χ2n) is 4.01. The molecule has 1 aromatic heterocycles. The number of nitrogens with one attached hydrogen (secondary N) is 1. The monoisotopic (exact) mass is 244 g/mol. The van der Waals surface area contributed by atoms with Crippen molar-refractivity contribution in [1.82, 2.24) is 4.68 Å². The van der Waals surface area contributed by atoms with Gasteiger partial charge in [0.05, 0.1) is 5.75 Å². The first-order valence-electron chi connectivity index (χ1n) is 5.55. The highest BCUT2D eigenvalue weighted by Gasteiger charge is 2.09. The molecule has 0 aromatic carbocycles. The summed E-state index contributed by atoms with van der Waals surface area (Å²) in [4.78, 5) is 0. The number of aryl methyl sites for hydroxylation is 2. The zero-order valence-electron chi connectivity index (χ0n) is 10.2. The Morgan fingerprint density at radius 2 is 1.75 bits per heavy atom. The Balaban J connectivity index is 2.48. The third kappa shape index (κ3) is 3.56. The van der Waals surface area contributed by atoms with Gasteiger partial charge in [-0.2, -0.15) is 0 Å². The zero-order chi connectivity index (χ0) is 12.2. The number of aromatic nitrogens is 1. The minimum Gasteiger partial charge on any atom is -0.325 e. The van der Waals surface area contributed by atoms with Gasteiger partial charge in [0.15, 0.2) is 9.84 Å². The average molecular weight is 244 g/mol. The van der Waals surface area contributed by atoms with Crippen LogP contribution < -0.4 is 5.43 Å². The Morgan fingerprint density at radius 3 is 2.25 bits per heavy atom. The Bertz CT molecular complexity index is 415. The smallest absolute Gasteiger partial charge is 0.152 e. The summed E-state index contributed by atoms with van der Waals surface area (Å²) < 4.78 is 24.9. The van der Waals surface area contributed by atoms with Gasteiger partial charge in [-0.1, -0.05) is 6.92 Å². The van der Waals surface area contributed by atoms with E-state index in [9.17, 15) is 8.42 Å². The van der Waals surface area contributed by atoms with Gasteiger partial charge in [-0.3, -0.25) is 4.68 Å². The molecule has 0 unspecified atom stereocenters. The van der Waals surface area contributed by atoms with Crippen LogP contribution in [0.2, 0.25) is 0 Å². The first kappa shape index (κ1) is 13.1. The van der Waals surface area contributed by atoms with E-state index in [1.807, 2.05) is 37.6 Å². The second-order valence-corrected chi connectivity index (χ2v) is 6.32. The lowest BCUT2D eigenvalue weighted by molar-refractivity contribution is 0.594. The molecule has 92 valence electrons. The van der Waals surface area contributed by atoms with E-state index >= 15 is 0 Å². The molecule has 0 fully saturated rings. The molecule has 0 amide bonds. The predicted octanol–water partition coefficient (Wildman–Crippen LogP) is 1.47. The molecule has 0 aliphatic rings. The molecule has 0 bridgehead atoms. The van der Waals surface area contributed by atoms with Gasteiger partial charge in [-0.15, -0.1) is 0 Å². The summed E-state index contributed by atoms with van der Waals surface area (Å²) in [7, 11) is -2.89. The van der Waals surface area contributed by atoms with Gasteiger partial charge in [0.2, 0.25) is 0 Å². The van der Waals surface area contributed by atoms with Gasteiger partial charge in [0.1, 0.15) is 0 Å². The van der Waals surface area contributed by atoms with E-state index in [-0.39, 0.29) is 11.5 Å². The third-order valence-corrected chi connectivity index (χ3v) is 4.33. The standard InChI is InChI=1S/C11H20N2O2S/c1-4-8-16(14,15)9-7-12-13-10(2)5-6-11(13)3/h5-6,12H,4,7-9H2,1-3H3. The Hall–Kier alpha value is -0.970. The first-order chi connectivity index (χ1) is 7.46. The zero-order valence-corrected chi connectivity index (χ0v) is 11.0. The summed E-state index contributed by atoms with van der Waals surface area (Å²) in [5.41, 5.74) is 5.29. The van der Waals surface area contributed by atoms with E-state index < -0.39 is 9.84 Å². The normalized spacial score (nSPS) is 11.7. The number of hydrogen-bond donors (Lipinski definition) is 1. The fourth-order valence-corrected chi connectivity index (χ4v) is 2.87. The van der Waals surface area contributed by atoms with Gasteiger partial charge >= 0.3 is 0 Å². The van der Waals surface area contributed by atoms with Crippen molar-refractivity contribution in [2.24, 2.45) is 0 Å². The van der Waals surface area contributed by atoms with Gasteiger partial charge in [-0.25, -0.2) is 8.42 Å². The molecule has 0 saturated heterocycles. The quantitative estimate of drug-likeness (QED) is 0.824.